The van der Waals surface area contributed by atoms with Crippen LogP contribution in [0.5, 0.6) is 0 Å². The second kappa shape index (κ2) is 7.82. The van der Waals surface area contributed by atoms with E-state index in [0.717, 1.165) is 0 Å². The zero-order chi connectivity index (χ0) is 16.0. The predicted octanol–water partition coefficient (Wildman–Crippen LogP) is 0.165. The van der Waals surface area contributed by atoms with E-state index in [1.54, 1.807) is 20.8 Å². The molecular formula is C13H22N2O6. The molecule has 0 aromatic heterocycles. The maximum absolute atomic E-state index is 12.5. The Morgan fingerprint density at radius 3 is 2.62 bits per heavy atom. The van der Waals surface area contributed by atoms with Crippen LogP contribution >= 0.6 is 0 Å². The topological polar surface area (TPSA) is 96.4 Å². The predicted molar refractivity (Wildman–Crippen MR) is 72.8 cm³/mol. The number of carbonyl (C=O) groups excluding carboxylic acids is 2. The van der Waals surface area contributed by atoms with Gasteiger partial charge in [0.1, 0.15) is 6.54 Å². The van der Waals surface area contributed by atoms with Crippen molar-refractivity contribution >= 4 is 18.0 Å². The van der Waals surface area contributed by atoms with Crippen molar-refractivity contribution in [3.05, 3.63) is 0 Å². The van der Waals surface area contributed by atoms with Gasteiger partial charge in [0.25, 0.3) is 0 Å². The van der Waals surface area contributed by atoms with Crippen molar-refractivity contribution in [2.45, 2.75) is 32.9 Å². The van der Waals surface area contributed by atoms with Crippen LogP contribution in [0.3, 0.4) is 0 Å². The first-order chi connectivity index (χ1) is 9.88. The molecule has 1 aliphatic heterocycles. The molecule has 1 rings (SSSR count). The van der Waals surface area contributed by atoms with E-state index in [-0.39, 0.29) is 39.0 Å². The largest absolute Gasteiger partial charge is 0.480 e. The van der Waals surface area contributed by atoms with Crippen molar-refractivity contribution in [1.29, 1.82) is 0 Å². The highest BCUT2D eigenvalue weighted by molar-refractivity contribution is 5.85. The lowest BCUT2D eigenvalue weighted by atomic mass is 10.2. The van der Waals surface area contributed by atoms with Gasteiger partial charge in [-0.15, -0.1) is 0 Å². The van der Waals surface area contributed by atoms with Crippen LogP contribution in [0.4, 0.5) is 4.79 Å². The van der Waals surface area contributed by atoms with Gasteiger partial charge in [0.2, 0.25) is 0 Å². The number of urea groups is 1. The number of carbonyl (C=O) groups is 3. The molecule has 0 saturated carbocycles. The third-order valence-electron chi connectivity index (χ3n) is 3.13. The summed E-state index contributed by atoms with van der Waals surface area (Å²) in [7, 11) is 0. The molecule has 1 heterocycles. The molecule has 8 nitrogen and oxygen atoms in total. The monoisotopic (exact) mass is 302 g/mol. The average molecular weight is 302 g/mol. The molecule has 1 fully saturated rings. The number of ether oxygens (including phenoxy) is 2. The second-order valence-corrected chi connectivity index (χ2v) is 4.93. The highest BCUT2D eigenvalue weighted by Crippen LogP contribution is 2.13. The molecule has 1 N–H and O–H groups in total. The summed E-state index contributed by atoms with van der Waals surface area (Å²) < 4.78 is 9.94. The van der Waals surface area contributed by atoms with Crippen LogP contribution in [0, 0.1) is 0 Å². The van der Waals surface area contributed by atoms with Crippen molar-refractivity contribution in [1.82, 2.24) is 9.80 Å². The number of esters is 1. The van der Waals surface area contributed by atoms with Gasteiger partial charge in [0.15, 0.2) is 6.04 Å². The van der Waals surface area contributed by atoms with Gasteiger partial charge in [0, 0.05) is 12.6 Å². The molecule has 0 aromatic rings. The van der Waals surface area contributed by atoms with Crippen LogP contribution in [-0.2, 0) is 19.1 Å². The number of carboxylic acid groups (broad SMARTS) is 1. The lowest BCUT2D eigenvalue weighted by molar-refractivity contribution is -0.148. The summed E-state index contributed by atoms with van der Waals surface area (Å²) in [4.78, 5) is 37.8. The van der Waals surface area contributed by atoms with Crippen LogP contribution in [0.1, 0.15) is 20.8 Å². The molecule has 2 amide bonds. The summed E-state index contributed by atoms with van der Waals surface area (Å²) in [5, 5.41) is 9.16. The van der Waals surface area contributed by atoms with Gasteiger partial charge in [-0.2, -0.15) is 0 Å². The molecular weight excluding hydrogens is 280 g/mol. The first-order valence-corrected chi connectivity index (χ1v) is 6.91. The number of aliphatic carboxylic acids is 1. The average Bonchev–Trinajstić information content (AvgIpc) is 2.44. The van der Waals surface area contributed by atoms with Crippen molar-refractivity contribution in [3.63, 3.8) is 0 Å². The molecule has 1 atom stereocenters. The fraction of sp³-hybridized carbons (Fsp3) is 0.769. The van der Waals surface area contributed by atoms with Crippen LogP contribution in [-0.4, -0.2) is 77.9 Å². The Labute approximate surface area is 123 Å². The molecule has 0 radical (unpaired) electrons. The Kier molecular flexibility index (Phi) is 6.41. The number of rotatable bonds is 5. The lowest BCUT2D eigenvalue weighted by Crippen LogP contribution is -2.58. The fourth-order valence-electron chi connectivity index (χ4n) is 2.02. The van der Waals surface area contributed by atoms with Crippen LogP contribution in [0.25, 0.3) is 0 Å². The standard InChI is InChI=1S/C13H22N2O6/c1-4-21-11(16)7-15(9(2)3)13(19)14-5-6-20-8-10(14)12(17)18/h9-10H,4-8H2,1-3H3,(H,17,18). The van der Waals surface area contributed by atoms with Gasteiger partial charge in [-0.1, -0.05) is 0 Å². The minimum Gasteiger partial charge on any atom is -0.480 e. The first kappa shape index (κ1) is 17.2. The maximum Gasteiger partial charge on any atom is 0.328 e. The Morgan fingerprint density at radius 2 is 2.10 bits per heavy atom. The van der Waals surface area contributed by atoms with Gasteiger partial charge in [-0.3, -0.25) is 4.79 Å². The number of hydrogen-bond donors (Lipinski definition) is 1. The zero-order valence-corrected chi connectivity index (χ0v) is 12.6. The number of morpholine rings is 1. The fourth-order valence-corrected chi connectivity index (χ4v) is 2.02. The summed E-state index contributed by atoms with van der Waals surface area (Å²) in [6.07, 6.45) is 0. The zero-order valence-electron chi connectivity index (χ0n) is 12.6. The van der Waals surface area contributed by atoms with E-state index >= 15 is 0 Å². The maximum atomic E-state index is 12.5. The number of nitrogens with zero attached hydrogens (tertiary/aromatic N) is 2. The quantitative estimate of drug-likeness (QED) is 0.727. The highest BCUT2D eigenvalue weighted by Gasteiger charge is 2.36. The first-order valence-electron chi connectivity index (χ1n) is 6.91. The van der Waals surface area contributed by atoms with E-state index in [0.29, 0.717) is 0 Å². The number of hydrogen-bond acceptors (Lipinski definition) is 5. The van der Waals surface area contributed by atoms with Gasteiger partial charge >= 0.3 is 18.0 Å². The van der Waals surface area contributed by atoms with E-state index in [1.807, 2.05) is 0 Å². The lowest BCUT2D eigenvalue weighted by Gasteiger charge is -2.37. The molecule has 1 saturated heterocycles. The van der Waals surface area contributed by atoms with E-state index in [9.17, 15) is 14.4 Å². The molecule has 0 bridgehead atoms. The SMILES string of the molecule is CCOC(=O)CN(C(=O)N1CCOCC1C(=O)O)C(C)C. The van der Waals surface area contributed by atoms with E-state index in [1.165, 1.54) is 9.80 Å². The molecule has 21 heavy (non-hydrogen) atoms. The van der Waals surface area contributed by atoms with Crippen molar-refractivity contribution < 1.29 is 29.0 Å². The third-order valence-corrected chi connectivity index (χ3v) is 3.13. The van der Waals surface area contributed by atoms with Crippen LogP contribution in [0.2, 0.25) is 0 Å². The minimum atomic E-state index is -1.12. The highest BCUT2D eigenvalue weighted by atomic mass is 16.5. The van der Waals surface area contributed by atoms with Gasteiger partial charge < -0.3 is 24.4 Å². The van der Waals surface area contributed by atoms with E-state index in [4.69, 9.17) is 14.6 Å². The molecule has 1 aliphatic rings. The van der Waals surface area contributed by atoms with Crippen LogP contribution in [0.15, 0.2) is 0 Å². The van der Waals surface area contributed by atoms with Gasteiger partial charge in [-0.05, 0) is 20.8 Å². The second-order valence-electron chi connectivity index (χ2n) is 4.93. The summed E-state index contributed by atoms with van der Waals surface area (Å²) >= 11 is 0. The summed E-state index contributed by atoms with van der Waals surface area (Å²) in [5.74, 6) is -1.64. The van der Waals surface area contributed by atoms with Gasteiger partial charge in [-0.25, -0.2) is 9.59 Å². The van der Waals surface area contributed by atoms with E-state index in [2.05, 4.69) is 0 Å². The Morgan fingerprint density at radius 1 is 1.43 bits per heavy atom. The Hall–Kier alpha value is -1.83. The van der Waals surface area contributed by atoms with Crippen molar-refractivity contribution in [2.75, 3.05) is 32.9 Å². The Bertz CT molecular complexity index is 398. The molecule has 8 heteroatoms. The van der Waals surface area contributed by atoms with Crippen molar-refractivity contribution in [2.24, 2.45) is 0 Å². The van der Waals surface area contributed by atoms with E-state index < -0.39 is 24.0 Å². The smallest absolute Gasteiger partial charge is 0.328 e. The minimum absolute atomic E-state index is 0.0492. The van der Waals surface area contributed by atoms with Crippen LogP contribution < -0.4 is 0 Å². The molecule has 0 aliphatic carbocycles. The number of amides is 2. The summed E-state index contributed by atoms with van der Waals surface area (Å²) in [5.41, 5.74) is 0. The number of carboxylic acids is 1. The normalized spacial score (nSPS) is 18.5. The molecule has 120 valence electrons. The molecule has 1 unspecified atom stereocenters. The summed E-state index contributed by atoms with van der Waals surface area (Å²) in [6, 6.07) is -1.78. The molecule has 0 aromatic carbocycles. The van der Waals surface area contributed by atoms with Gasteiger partial charge in [0.05, 0.1) is 19.8 Å². The summed E-state index contributed by atoms with van der Waals surface area (Å²) in [6.45, 7) is 5.64. The Balaban J connectivity index is 2.83. The molecule has 0 spiro atoms. The third kappa shape index (κ3) is 4.59. The van der Waals surface area contributed by atoms with Crippen molar-refractivity contribution in [3.8, 4) is 0 Å².